The summed E-state index contributed by atoms with van der Waals surface area (Å²) in [5.74, 6) is 2.47. The van der Waals surface area contributed by atoms with Crippen LogP contribution in [0.2, 0.25) is 0 Å². The van der Waals surface area contributed by atoms with Crippen molar-refractivity contribution < 1.29 is 14.2 Å². The zero-order chi connectivity index (χ0) is 12.2. The molecule has 0 spiro atoms. The number of hydrogen-bond acceptors (Lipinski definition) is 4. The van der Waals surface area contributed by atoms with Crippen molar-refractivity contribution in [2.24, 2.45) is 5.92 Å². The van der Waals surface area contributed by atoms with E-state index in [1.807, 2.05) is 6.07 Å². The van der Waals surface area contributed by atoms with E-state index in [9.17, 15) is 0 Å². The SMILES string of the molecule is c1cc2c(cc1CNCC1CCOCC1)OCO2. The fourth-order valence-corrected chi connectivity index (χ4v) is 2.42. The summed E-state index contributed by atoms with van der Waals surface area (Å²) in [6.45, 7) is 4.12. The molecule has 4 heteroatoms. The topological polar surface area (TPSA) is 39.7 Å². The lowest BCUT2D eigenvalue weighted by atomic mass is 10.0. The minimum Gasteiger partial charge on any atom is -0.454 e. The van der Waals surface area contributed by atoms with Crippen LogP contribution in [-0.4, -0.2) is 26.6 Å². The van der Waals surface area contributed by atoms with Gasteiger partial charge in [0.25, 0.3) is 0 Å². The molecule has 0 bridgehead atoms. The molecule has 0 aromatic heterocycles. The Morgan fingerprint density at radius 3 is 2.83 bits per heavy atom. The largest absolute Gasteiger partial charge is 0.454 e. The van der Waals surface area contributed by atoms with Crippen LogP contribution in [0.5, 0.6) is 11.5 Å². The number of rotatable bonds is 4. The van der Waals surface area contributed by atoms with Crippen LogP contribution < -0.4 is 14.8 Å². The smallest absolute Gasteiger partial charge is 0.231 e. The molecule has 2 aliphatic heterocycles. The third-order valence-corrected chi connectivity index (χ3v) is 3.54. The van der Waals surface area contributed by atoms with Gasteiger partial charge in [0.05, 0.1) is 0 Å². The van der Waals surface area contributed by atoms with Crippen LogP contribution in [0, 0.1) is 5.92 Å². The molecule has 0 radical (unpaired) electrons. The molecule has 0 amide bonds. The zero-order valence-electron chi connectivity index (χ0n) is 10.5. The van der Waals surface area contributed by atoms with Gasteiger partial charge >= 0.3 is 0 Å². The van der Waals surface area contributed by atoms with Crippen LogP contribution >= 0.6 is 0 Å². The molecule has 98 valence electrons. The molecule has 1 saturated heterocycles. The molecule has 0 aliphatic carbocycles. The second kappa shape index (κ2) is 5.59. The maximum absolute atomic E-state index is 5.37. The first-order valence-electron chi connectivity index (χ1n) is 6.59. The predicted molar refractivity (Wildman–Crippen MR) is 67.8 cm³/mol. The minimum absolute atomic E-state index is 0.342. The van der Waals surface area contributed by atoms with E-state index < -0.39 is 0 Å². The van der Waals surface area contributed by atoms with Crippen LogP contribution in [0.1, 0.15) is 18.4 Å². The first-order valence-corrected chi connectivity index (χ1v) is 6.59. The molecule has 1 fully saturated rings. The second-order valence-electron chi connectivity index (χ2n) is 4.87. The van der Waals surface area contributed by atoms with E-state index >= 15 is 0 Å². The van der Waals surface area contributed by atoms with E-state index in [4.69, 9.17) is 14.2 Å². The number of ether oxygens (including phenoxy) is 3. The minimum atomic E-state index is 0.342. The lowest BCUT2D eigenvalue weighted by molar-refractivity contribution is 0.0662. The highest BCUT2D eigenvalue weighted by molar-refractivity contribution is 5.44. The van der Waals surface area contributed by atoms with Gasteiger partial charge in [-0.15, -0.1) is 0 Å². The molecular weight excluding hydrogens is 230 g/mol. The fourth-order valence-electron chi connectivity index (χ4n) is 2.42. The van der Waals surface area contributed by atoms with E-state index in [0.717, 1.165) is 43.7 Å². The van der Waals surface area contributed by atoms with Gasteiger partial charge in [-0.2, -0.15) is 0 Å². The van der Waals surface area contributed by atoms with Gasteiger partial charge in [-0.25, -0.2) is 0 Å². The van der Waals surface area contributed by atoms with Crippen molar-refractivity contribution in [2.45, 2.75) is 19.4 Å². The summed E-state index contributed by atoms with van der Waals surface area (Å²) in [7, 11) is 0. The zero-order valence-corrected chi connectivity index (χ0v) is 10.5. The van der Waals surface area contributed by atoms with Gasteiger partial charge in [-0.05, 0) is 43.0 Å². The second-order valence-corrected chi connectivity index (χ2v) is 4.87. The Kier molecular flexibility index (Phi) is 3.67. The molecule has 4 nitrogen and oxygen atoms in total. The molecule has 0 saturated carbocycles. The molecular formula is C14H19NO3. The van der Waals surface area contributed by atoms with E-state index in [-0.39, 0.29) is 0 Å². The summed E-state index contributed by atoms with van der Waals surface area (Å²) in [5.41, 5.74) is 1.24. The standard InChI is InChI=1S/C14H19NO3/c1-2-13-14(18-10-17-13)7-12(1)9-15-8-11-3-5-16-6-4-11/h1-2,7,11,15H,3-6,8-10H2. The summed E-state index contributed by atoms with van der Waals surface area (Å²) in [5, 5.41) is 3.51. The van der Waals surface area contributed by atoms with Gasteiger partial charge in [0, 0.05) is 19.8 Å². The Morgan fingerprint density at radius 2 is 1.94 bits per heavy atom. The molecule has 1 aromatic carbocycles. The first-order chi connectivity index (χ1) is 8.92. The third-order valence-electron chi connectivity index (χ3n) is 3.54. The Balaban J connectivity index is 1.48. The van der Waals surface area contributed by atoms with Crippen molar-refractivity contribution >= 4 is 0 Å². The van der Waals surface area contributed by atoms with Crippen molar-refractivity contribution in [3.05, 3.63) is 23.8 Å². The summed E-state index contributed by atoms with van der Waals surface area (Å²) < 4.78 is 16.0. The Hall–Kier alpha value is -1.26. The molecule has 3 rings (SSSR count). The molecule has 18 heavy (non-hydrogen) atoms. The van der Waals surface area contributed by atoms with E-state index in [2.05, 4.69) is 17.4 Å². The lowest BCUT2D eigenvalue weighted by Crippen LogP contribution is -2.27. The summed E-state index contributed by atoms with van der Waals surface area (Å²) in [6, 6.07) is 6.12. The molecule has 0 atom stereocenters. The fraction of sp³-hybridized carbons (Fsp3) is 0.571. The van der Waals surface area contributed by atoms with Crippen LogP contribution in [0.4, 0.5) is 0 Å². The maximum atomic E-state index is 5.37. The molecule has 0 unspecified atom stereocenters. The number of nitrogens with one attached hydrogen (secondary N) is 1. The van der Waals surface area contributed by atoms with Gasteiger partial charge in [-0.3, -0.25) is 0 Å². The summed E-state index contributed by atoms with van der Waals surface area (Å²) in [4.78, 5) is 0. The van der Waals surface area contributed by atoms with Crippen LogP contribution in [0.15, 0.2) is 18.2 Å². The maximum Gasteiger partial charge on any atom is 0.231 e. The normalized spacial score (nSPS) is 19.1. The lowest BCUT2D eigenvalue weighted by Gasteiger charge is -2.22. The first kappa shape index (κ1) is 11.8. The number of hydrogen-bond donors (Lipinski definition) is 1. The number of fused-ring (bicyclic) bond motifs is 1. The molecule has 2 heterocycles. The average molecular weight is 249 g/mol. The third kappa shape index (κ3) is 2.76. The van der Waals surface area contributed by atoms with Crippen molar-refractivity contribution in [1.29, 1.82) is 0 Å². The summed E-state index contributed by atoms with van der Waals surface area (Å²) >= 11 is 0. The highest BCUT2D eigenvalue weighted by atomic mass is 16.7. The van der Waals surface area contributed by atoms with Gasteiger partial charge in [0.2, 0.25) is 6.79 Å². The van der Waals surface area contributed by atoms with Crippen molar-refractivity contribution in [3.63, 3.8) is 0 Å². The van der Waals surface area contributed by atoms with Gasteiger partial charge in [-0.1, -0.05) is 6.07 Å². The van der Waals surface area contributed by atoms with E-state index in [1.54, 1.807) is 0 Å². The monoisotopic (exact) mass is 249 g/mol. The molecule has 1 N–H and O–H groups in total. The van der Waals surface area contributed by atoms with Gasteiger partial charge < -0.3 is 19.5 Å². The molecule has 1 aromatic rings. The van der Waals surface area contributed by atoms with Crippen LogP contribution in [0.3, 0.4) is 0 Å². The average Bonchev–Trinajstić information content (AvgIpc) is 2.87. The molecule has 2 aliphatic rings. The van der Waals surface area contributed by atoms with E-state index in [1.165, 1.54) is 18.4 Å². The van der Waals surface area contributed by atoms with Gasteiger partial charge in [0.15, 0.2) is 11.5 Å². The summed E-state index contributed by atoms with van der Waals surface area (Å²) in [6.07, 6.45) is 2.35. The Bertz CT molecular complexity index is 402. The van der Waals surface area contributed by atoms with Gasteiger partial charge in [0.1, 0.15) is 0 Å². The van der Waals surface area contributed by atoms with E-state index in [0.29, 0.717) is 6.79 Å². The van der Waals surface area contributed by atoms with Crippen LogP contribution in [-0.2, 0) is 11.3 Å². The highest BCUT2D eigenvalue weighted by Crippen LogP contribution is 2.32. The Morgan fingerprint density at radius 1 is 1.11 bits per heavy atom. The Labute approximate surface area is 107 Å². The van der Waals surface area contributed by atoms with Crippen molar-refractivity contribution in [3.8, 4) is 11.5 Å². The van der Waals surface area contributed by atoms with Crippen molar-refractivity contribution in [1.82, 2.24) is 5.32 Å². The van der Waals surface area contributed by atoms with Crippen LogP contribution in [0.25, 0.3) is 0 Å². The highest BCUT2D eigenvalue weighted by Gasteiger charge is 2.14. The quantitative estimate of drug-likeness (QED) is 0.885. The number of benzene rings is 1. The van der Waals surface area contributed by atoms with Crippen molar-refractivity contribution in [2.75, 3.05) is 26.6 Å². The predicted octanol–water partition coefficient (Wildman–Crippen LogP) is 1.93.